The third kappa shape index (κ3) is 2.82. The lowest BCUT2D eigenvalue weighted by Crippen LogP contribution is -2.24. The maximum Gasteiger partial charge on any atom is 0.224 e. The van der Waals surface area contributed by atoms with Crippen molar-refractivity contribution < 1.29 is 4.74 Å². The monoisotopic (exact) mass is 270 g/mol. The Morgan fingerprint density at radius 3 is 3.00 bits per heavy atom. The average molecular weight is 270 g/mol. The van der Waals surface area contributed by atoms with Gasteiger partial charge in [-0.25, -0.2) is 4.98 Å². The van der Waals surface area contributed by atoms with E-state index in [9.17, 15) is 0 Å². The van der Waals surface area contributed by atoms with Crippen LogP contribution in [-0.2, 0) is 6.42 Å². The highest BCUT2D eigenvalue weighted by molar-refractivity contribution is 5.41. The van der Waals surface area contributed by atoms with Gasteiger partial charge in [0.2, 0.25) is 5.95 Å². The standard InChI is InChI=1S/C15H18N4O/c1-2-16-15-17-8-7-14(19-15)18-10-12-9-11-5-3-4-6-13(11)20-12/h3-8,12H,2,9-10H2,1H3,(H2,16,17,18,19). The summed E-state index contributed by atoms with van der Waals surface area (Å²) in [6.07, 6.45) is 2.84. The fourth-order valence-corrected chi connectivity index (χ4v) is 2.29. The molecule has 0 saturated carbocycles. The molecule has 0 fully saturated rings. The maximum atomic E-state index is 5.88. The summed E-state index contributed by atoms with van der Waals surface area (Å²) < 4.78 is 5.88. The highest BCUT2D eigenvalue weighted by Crippen LogP contribution is 2.28. The van der Waals surface area contributed by atoms with E-state index in [2.05, 4.69) is 26.7 Å². The van der Waals surface area contributed by atoms with Gasteiger partial charge in [0.15, 0.2) is 0 Å². The summed E-state index contributed by atoms with van der Waals surface area (Å²) in [5.41, 5.74) is 1.27. The molecule has 1 aliphatic heterocycles. The van der Waals surface area contributed by atoms with E-state index in [1.165, 1.54) is 5.56 Å². The Balaban J connectivity index is 1.57. The van der Waals surface area contributed by atoms with Crippen LogP contribution in [0.15, 0.2) is 36.5 Å². The lowest BCUT2D eigenvalue weighted by molar-refractivity contribution is 0.246. The van der Waals surface area contributed by atoms with Crippen LogP contribution in [0.2, 0.25) is 0 Å². The van der Waals surface area contributed by atoms with E-state index in [0.717, 1.165) is 31.1 Å². The molecule has 2 heterocycles. The number of ether oxygens (including phenoxy) is 1. The Kier molecular flexibility index (Phi) is 3.67. The first kappa shape index (κ1) is 12.7. The minimum atomic E-state index is 0.157. The van der Waals surface area contributed by atoms with E-state index in [0.29, 0.717) is 5.95 Å². The summed E-state index contributed by atoms with van der Waals surface area (Å²) in [7, 11) is 0. The molecule has 1 aromatic carbocycles. The normalized spacial score (nSPS) is 16.4. The third-order valence-corrected chi connectivity index (χ3v) is 3.22. The zero-order chi connectivity index (χ0) is 13.8. The van der Waals surface area contributed by atoms with Gasteiger partial charge in [0, 0.05) is 19.2 Å². The van der Waals surface area contributed by atoms with Crippen molar-refractivity contribution in [2.45, 2.75) is 19.4 Å². The second kappa shape index (κ2) is 5.77. The van der Waals surface area contributed by atoms with Crippen LogP contribution in [0.4, 0.5) is 11.8 Å². The molecular weight excluding hydrogens is 252 g/mol. The summed E-state index contributed by atoms with van der Waals surface area (Å²) in [6, 6.07) is 10.0. The predicted molar refractivity (Wildman–Crippen MR) is 79.2 cm³/mol. The van der Waals surface area contributed by atoms with Crippen LogP contribution in [0.25, 0.3) is 0 Å². The molecule has 0 amide bonds. The zero-order valence-electron chi connectivity index (χ0n) is 11.5. The molecule has 1 aromatic heterocycles. The van der Waals surface area contributed by atoms with Crippen molar-refractivity contribution in [3.05, 3.63) is 42.1 Å². The Bertz CT molecular complexity index is 563. The van der Waals surface area contributed by atoms with Gasteiger partial charge in [-0.05, 0) is 24.6 Å². The molecule has 20 heavy (non-hydrogen) atoms. The fraction of sp³-hybridized carbons (Fsp3) is 0.333. The highest BCUT2D eigenvalue weighted by atomic mass is 16.5. The molecule has 0 bridgehead atoms. The zero-order valence-corrected chi connectivity index (χ0v) is 11.5. The van der Waals surface area contributed by atoms with Gasteiger partial charge in [-0.3, -0.25) is 0 Å². The van der Waals surface area contributed by atoms with E-state index in [1.807, 2.05) is 31.2 Å². The summed E-state index contributed by atoms with van der Waals surface area (Å²) in [4.78, 5) is 8.53. The molecule has 1 atom stereocenters. The SMILES string of the molecule is CCNc1nccc(NCC2Cc3ccccc3O2)n1. The minimum absolute atomic E-state index is 0.157. The number of hydrogen-bond acceptors (Lipinski definition) is 5. The molecule has 5 nitrogen and oxygen atoms in total. The van der Waals surface area contributed by atoms with Crippen LogP contribution >= 0.6 is 0 Å². The van der Waals surface area contributed by atoms with Gasteiger partial charge in [-0.15, -0.1) is 0 Å². The van der Waals surface area contributed by atoms with Gasteiger partial charge in [0.1, 0.15) is 17.7 Å². The largest absolute Gasteiger partial charge is 0.488 e. The van der Waals surface area contributed by atoms with Gasteiger partial charge in [-0.1, -0.05) is 18.2 Å². The van der Waals surface area contributed by atoms with Gasteiger partial charge in [0.05, 0.1) is 6.54 Å². The number of nitrogens with one attached hydrogen (secondary N) is 2. The van der Waals surface area contributed by atoms with Crippen molar-refractivity contribution in [3.8, 4) is 5.75 Å². The highest BCUT2D eigenvalue weighted by Gasteiger charge is 2.21. The number of nitrogens with zero attached hydrogens (tertiary/aromatic N) is 2. The first-order valence-corrected chi connectivity index (χ1v) is 6.90. The molecule has 0 spiro atoms. The fourth-order valence-electron chi connectivity index (χ4n) is 2.29. The van der Waals surface area contributed by atoms with E-state index in [1.54, 1.807) is 6.20 Å². The third-order valence-electron chi connectivity index (χ3n) is 3.22. The smallest absolute Gasteiger partial charge is 0.224 e. The van der Waals surface area contributed by atoms with Crippen LogP contribution in [-0.4, -0.2) is 29.2 Å². The second-order valence-electron chi connectivity index (χ2n) is 4.73. The van der Waals surface area contributed by atoms with Crippen molar-refractivity contribution >= 4 is 11.8 Å². The molecule has 2 aromatic rings. The Labute approximate surface area is 118 Å². The molecule has 1 unspecified atom stereocenters. The number of hydrogen-bond donors (Lipinski definition) is 2. The van der Waals surface area contributed by atoms with Crippen molar-refractivity contribution in [1.29, 1.82) is 0 Å². The Morgan fingerprint density at radius 1 is 1.25 bits per heavy atom. The molecule has 1 aliphatic rings. The lowest BCUT2D eigenvalue weighted by atomic mass is 10.1. The molecule has 0 radical (unpaired) electrons. The van der Waals surface area contributed by atoms with Crippen molar-refractivity contribution in [3.63, 3.8) is 0 Å². The van der Waals surface area contributed by atoms with E-state index in [-0.39, 0.29) is 6.10 Å². The van der Waals surface area contributed by atoms with Gasteiger partial charge >= 0.3 is 0 Å². The number of fused-ring (bicyclic) bond motifs is 1. The van der Waals surface area contributed by atoms with Gasteiger partial charge in [-0.2, -0.15) is 4.98 Å². The number of para-hydroxylation sites is 1. The first-order chi connectivity index (χ1) is 9.85. The van der Waals surface area contributed by atoms with Crippen LogP contribution in [0.5, 0.6) is 5.75 Å². The maximum absolute atomic E-state index is 5.88. The van der Waals surface area contributed by atoms with Gasteiger partial charge < -0.3 is 15.4 Å². The minimum Gasteiger partial charge on any atom is -0.488 e. The van der Waals surface area contributed by atoms with Crippen LogP contribution < -0.4 is 15.4 Å². The van der Waals surface area contributed by atoms with E-state index in [4.69, 9.17) is 4.74 Å². The summed E-state index contributed by atoms with van der Waals surface area (Å²) >= 11 is 0. The molecule has 5 heteroatoms. The average Bonchev–Trinajstić information content (AvgIpc) is 2.89. The molecule has 0 aliphatic carbocycles. The van der Waals surface area contributed by atoms with Crippen LogP contribution in [0.1, 0.15) is 12.5 Å². The summed E-state index contributed by atoms with van der Waals surface area (Å²) in [5, 5.41) is 6.40. The van der Waals surface area contributed by atoms with Crippen molar-refractivity contribution in [2.75, 3.05) is 23.7 Å². The summed E-state index contributed by atoms with van der Waals surface area (Å²) in [5.74, 6) is 2.46. The quantitative estimate of drug-likeness (QED) is 0.873. The number of rotatable bonds is 5. The summed E-state index contributed by atoms with van der Waals surface area (Å²) in [6.45, 7) is 3.56. The van der Waals surface area contributed by atoms with Crippen molar-refractivity contribution in [1.82, 2.24) is 9.97 Å². The molecule has 104 valence electrons. The van der Waals surface area contributed by atoms with Crippen molar-refractivity contribution in [2.24, 2.45) is 0 Å². The molecule has 3 rings (SSSR count). The molecule has 2 N–H and O–H groups in total. The second-order valence-corrected chi connectivity index (χ2v) is 4.73. The molecule has 0 saturated heterocycles. The molecular formula is C15H18N4O. The number of anilines is 2. The van der Waals surface area contributed by atoms with E-state index >= 15 is 0 Å². The first-order valence-electron chi connectivity index (χ1n) is 6.90. The topological polar surface area (TPSA) is 59.1 Å². The van der Waals surface area contributed by atoms with Crippen LogP contribution in [0.3, 0.4) is 0 Å². The van der Waals surface area contributed by atoms with E-state index < -0.39 is 0 Å². The van der Waals surface area contributed by atoms with Gasteiger partial charge in [0.25, 0.3) is 0 Å². The van der Waals surface area contributed by atoms with Crippen LogP contribution in [0, 0.1) is 0 Å². The Morgan fingerprint density at radius 2 is 2.15 bits per heavy atom. The predicted octanol–water partition coefficient (Wildman–Crippen LogP) is 2.32. The number of benzene rings is 1. The number of aromatic nitrogens is 2. The lowest BCUT2D eigenvalue weighted by Gasteiger charge is -2.12. The Hall–Kier alpha value is -2.30.